The van der Waals surface area contributed by atoms with Gasteiger partial charge in [-0.3, -0.25) is 9.48 Å². The van der Waals surface area contributed by atoms with Crippen LogP contribution in [0.15, 0.2) is 29.3 Å². The molecule has 0 spiro atoms. The van der Waals surface area contributed by atoms with E-state index in [1.54, 1.807) is 0 Å². The number of nitrogens with one attached hydrogen (secondary N) is 1. The Kier molecular flexibility index (Phi) is 4.96. The number of carbonyl (C=O) groups excluding carboxylic acids is 1. The Bertz CT molecular complexity index is 846. The molecule has 0 bridgehead atoms. The van der Waals surface area contributed by atoms with Crippen molar-refractivity contribution in [1.82, 2.24) is 9.78 Å². The average Bonchev–Trinajstić information content (AvgIpc) is 2.90. The second-order valence-corrected chi connectivity index (χ2v) is 7.40. The number of phenolic OH excluding ortho intramolecular Hbond substituents is 1. The zero-order chi connectivity index (χ0) is 17.2. The zero-order valence-corrected chi connectivity index (χ0v) is 14.1. The molecule has 2 aromatic rings. The third-order valence-corrected chi connectivity index (χ3v) is 5.22. The first-order chi connectivity index (χ1) is 10.8. The Hall–Kier alpha value is -2.06. The van der Waals surface area contributed by atoms with Crippen LogP contribution in [0.4, 0.5) is 5.69 Å². The van der Waals surface area contributed by atoms with Crippen molar-refractivity contribution in [2.24, 2.45) is 0 Å². The predicted molar refractivity (Wildman–Crippen MR) is 86.7 cm³/mol. The second kappa shape index (κ2) is 6.59. The summed E-state index contributed by atoms with van der Waals surface area (Å²) in [6.45, 7) is 3.90. The number of benzene rings is 1. The monoisotopic (exact) mass is 357 g/mol. The number of phenols is 1. The molecular formula is C14H16ClN3O4S. The lowest BCUT2D eigenvalue weighted by molar-refractivity contribution is 0.102. The number of hydrogen-bond acceptors (Lipinski definition) is 5. The fourth-order valence-electron chi connectivity index (χ4n) is 1.87. The van der Waals surface area contributed by atoms with Gasteiger partial charge in [-0.15, -0.1) is 0 Å². The van der Waals surface area contributed by atoms with E-state index >= 15 is 0 Å². The van der Waals surface area contributed by atoms with Gasteiger partial charge in [-0.1, -0.05) is 18.5 Å². The van der Waals surface area contributed by atoms with E-state index in [1.165, 1.54) is 36.0 Å². The molecule has 0 saturated heterocycles. The van der Waals surface area contributed by atoms with Gasteiger partial charge in [-0.2, -0.15) is 5.10 Å². The third-order valence-electron chi connectivity index (χ3n) is 3.21. The summed E-state index contributed by atoms with van der Waals surface area (Å²) in [5.41, 5.74) is -0.0247. The number of rotatable bonds is 5. The van der Waals surface area contributed by atoms with Crippen molar-refractivity contribution in [3.05, 3.63) is 35.1 Å². The van der Waals surface area contributed by atoms with Gasteiger partial charge < -0.3 is 10.4 Å². The molecule has 1 heterocycles. The highest BCUT2D eigenvalue weighted by atomic mass is 35.5. The maximum atomic E-state index is 12.2. The van der Waals surface area contributed by atoms with Crippen molar-refractivity contribution in [1.29, 1.82) is 0 Å². The molecule has 124 valence electrons. The highest BCUT2D eigenvalue weighted by molar-refractivity contribution is 7.91. The lowest BCUT2D eigenvalue weighted by Gasteiger charge is -2.09. The van der Waals surface area contributed by atoms with Gasteiger partial charge in [0.1, 0.15) is 5.75 Å². The van der Waals surface area contributed by atoms with Crippen molar-refractivity contribution >= 4 is 33.0 Å². The molecule has 1 aromatic carbocycles. The van der Waals surface area contributed by atoms with Crippen LogP contribution in [0.1, 0.15) is 24.3 Å². The van der Waals surface area contributed by atoms with Gasteiger partial charge in [-0.05, 0) is 25.1 Å². The van der Waals surface area contributed by atoms with Crippen LogP contribution in [0.3, 0.4) is 0 Å². The van der Waals surface area contributed by atoms with Crippen LogP contribution in [0.5, 0.6) is 5.75 Å². The SMILES string of the molecule is CCn1cc(Cl)c(C(=O)Nc2cc(S(=O)(=O)CC)ccc2O)n1. The molecule has 0 aliphatic carbocycles. The number of anilines is 1. The lowest BCUT2D eigenvalue weighted by Crippen LogP contribution is -2.14. The van der Waals surface area contributed by atoms with Crippen molar-refractivity contribution in [2.75, 3.05) is 11.1 Å². The van der Waals surface area contributed by atoms with Crippen LogP contribution in [0.2, 0.25) is 5.02 Å². The highest BCUT2D eigenvalue weighted by Crippen LogP contribution is 2.28. The first kappa shape index (κ1) is 17.3. The normalized spacial score (nSPS) is 11.4. The quantitative estimate of drug-likeness (QED) is 0.799. The number of aryl methyl sites for hydroxylation is 1. The molecule has 9 heteroatoms. The van der Waals surface area contributed by atoms with E-state index < -0.39 is 15.7 Å². The Morgan fingerprint density at radius 1 is 1.39 bits per heavy atom. The number of nitrogens with zero attached hydrogens (tertiary/aromatic N) is 2. The summed E-state index contributed by atoms with van der Waals surface area (Å²) in [6.07, 6.45) is 1.51. The summed E-state index contributed by atoms with van der Waals surface area (Å²) < 4.78 is 25.3. The molecule has 0 unspecified atom stereocenters. The van der Waals surface area contributed by atoms with Gasteiger partial charge in [0.2, 0.25) is 0 Å². The van der Waals surface area contributed by atoms with Crippen molar-refractivity contribution in [3.63, 3.8) is 0 Å². The summed E-state index contributed by atoms with van der Waals surface area (Å²) >= 11 is 5.95. The number of amides is 1. The van der Waals surface area contributed by atoms with Gasteiger partial charge in [-0.25, -0.2) is 8.42 Å². The van der Waals surface area contributed by atoms with Crippen LogP contribution in [-0.2, 0) is 16.4 Å². The summed E-state index contributed by atoms with van der Waals surface area (Å²) in [7, 11) is -3.45. The number of aromatic nitrogens is 2. The number of sulfone groups is 1. The molecule has 2 N–H and O–H groups in total. The Balaban J connectivity index is 2.34. The Morgan fingerprint density at radius 3 is 2.65 bits per heavy atom. The predicted octanol–water partition coefficient (Wildman–Crippen LogP) is 2.31. The average molecular weight is 358 g/mol. The summed E-state index contributed by atoms with van der Waals surface area (Å²) in [5.74, 6) is -0.972. The number of aromatic hydroxyl groups is 1. The molecule has 1 aromatic heterocycles. The minimum Gasteiger partial charge on any atom is -0.506 e. The molecule has 0 radical (unpaired) electrons. The largest absolute Gasteiger partial charge is 0.506 e. The van der Waals surface area contributed by atoms with E-state index in [-0.39, 0.29) is 32.8 Å². The van der Waals surface area contributed by atoms with E-state index in [9.17, 15) is 18.3 Å². The molecule has 0 aliphatic heterocycles. The minimum absolute atomic E-state index is 0.00308. The molecule has 0 atom stereocenters. The summed E-state index contributed by atoms with van der Waals surface area (Å²) in [6, 6.07) is 3.70. The van der Waals surface area contributed by atoms with E-state index in [0.29, 0.717) is 6.54 Å². The van der Waals surface area contributed by atoms with Crippen LogP contribution >= 0.6 is 11.6 Å². The first-order valence-corrected chi connectivity index (χ1v) is 8.91. The molecular weight excluding hydrogens is 342 g/mol. The number of halogens is 1. The van der Waals surface area contributed by atoms with Gasteiger partial charge in [0.05, 0.1) is 21.4 Å². The fraction of sp³-hybridized carbons (Fsp3) is 0.286. The topological polar surface area (TPSA) is 101 Å². The van der Waals surface area contributed by atoms with Crippen LogP contribution in [-0.4, -0.2) is 35.0 Å². The molecule has 23 heavy (non-hydrogen) atoms. The van der Waals surface area contributed by atoms with E-state index in [2.05, 4.69) is 10.4 Å². The maximum Gasteiger partial charge on any atom is 0.277 e. The molecule has 7 nitrogen and oxygen atoms in total. The molecule has 1 amide bonds. The third kappa shape index (κ3) is 3.65. The van der Waals surface area contributed by atoms with Crippen LogP contribution in [0.25, 0.3) is 0 Å². The fourth-order valence-corrected chi connectivity index (χ4v) is 3.01. The van der Waals surface area contributed by atoms with Gasteiger partial charge in [0, 0.05) is 12.7 Å². The van der Waals surface area contributed by atoms with E-state index in [4.69, 9.17) is 11.6 Å². The number of hydrogen-bond donors (Lipinski definition) is 2. The second-order valence-electron chi connectivity index (χ2n) is 4.72. The Labute approximate surface area is 138 Å². The van der Waals surface area contributed by atoms with E-state index in [0.717, 1.165) is 0 Å². The molecule has 0 fully saturated rings. The molecule has 0 saturated carbocycles. The van der Waals surface area contributed by atoms with Gasteiger partial charge in [0.25, 0.3) is 5.91 Å². The van der Waals surface area contributed by atoms with E-state index in [1.807, 2.05) is 6.92 Å². The van der Waals surface area contributed by atoms with Crippen molar-refractivity contribution < 1.29 is 18.3 Å². The van der Waals surface area contributed by atoms with Crippen LogP contribution < -0.4 is 5.32 Å². The van der Waals surface area contributed by atoms with Crippen LogP contribution in [0, 0.1) is 0 Å². The van der Waals surface area contributed by atoms with Gasteiger partial charge >= 0.3 is 0 Å². The summed E-state index contributed by atoms with van der Waals surface area (Å²) in [5, 5.41) is 16.4. The number of carbonyl (C=O) groups is 1. The molecule has 0 aliphatic rings. The highest BCUT2D eigenvalue weighted by Gasteiger charge is 2.19. The summed E-state index contributed by atoms with van der Waals surface area (Å²) in [4.78, 5) is 12.2. The first-order valence-electron chi connectivity index (χ1n) is 6.88. The van der Waals surface area contributed by atoms with Crippen molar-refractivity contribution in [3.8, 4) is 5.75 Å². The molecule has 2 rings (SSSR count). The lowest BCUT2D eigenvalue weighted by atomic mass is 10.3. The zero-order valence-electron chi connectivity index (χ0n) is 12.6. The minimum atomic E-state index is -3.45. The van der Waals surface area contributed by atoms with Gasteiger partial charge in [0.15, 0.2) is 15.5 Å². The standard InChI is InChI=1S/C14H16ClN3O4S/c1-3-18-8-10(15)13(17-18)14(20)16-11-7-9(5-6-12(11)19)23(21,22)4-2/h5-8,19H,3-4H2,1-2H3,(H,16,20). The van der Waals surface area contributed by atoms with Crippen molar-refractivity contribution in [2.45, 2.75) is 25.3 Å². The maximum absolute atomic E-state index is 12.2. The Morgan fingerprint density at radius 2 is 2.09 bits per heavy atom. The smallest absolute Gasteiger partial charge is 0.277 e.